The van der Waals surface area contributed by atoms with Gasteiger partial charge in [-0.3, -0.25) is 4.90 Å². The van der Waals surface area contributed by atoms with Crippen LogP contribution < -0.4 is 5.32 Å². The van der Waals surface area contributed by atoms with E-state index in [0.29, 0.717) is 13.2 Å². The fraction of sp³-hybridized carbons (Fsp3) is 0.583. The number of methoxy groups -OCH3 is 1. The van der Waals surface area contributed by atoms with Crippen LogP contribution in [0.2, 0.25) is 0 Å². The van der Waals surface area contributed by atoms with Crippen molar-refractivity contribution in [2.45, 2.75) is 6.54 Å². The van der Waals surface area contributed by atoms with Crippen LogP contribution in [-0.2, 0) is 11.3 Å². The highest BCUT2D eigenvalue weighted by atomic mass is 16.5. The third kappa shape index (κ3) is 5.12. The third-order valence-electron chi connectivity index (χ3n) is 2.51. The molecule has 1 heterocycles. The summed E-state index contributed by atoms with van der Waals surface area (Å²) in [6, 6.07) is 3.98. The number of hydrogen-bond donors (Lipinski definition) is 2. The van der Waals surface area contributed by atoms with E-state index in [2.05, 4.69) is 15.2 Å². The normalized spacial score (nSPS) is 10.8. The lowest BCUT2D eigenvalue weighted by Gasteiger charge is -2.20. The summed E-state index contributed by atoms with van der Waals surface area (Å²) in [5, 5.41) is 12.0. The average Bonchev–Trinajstić information content (AvgIpc) is 2.37. The molecule has 0 spiro atoms. The van der Waals surface area contributed by atoms with Crippen molar-refractivity contribution >= 4 is 5.82 Å². The van der Waals surface area contributed by atoms with Crippen molar-refractivity contribution in [3.8, 4) is 0 Å². The number of rotatable bonds is 8. The number of aliphatic hydroxyl groups excluding tert-OH is 1. The molecule has 0 saturated carbocycles. The zero-order chi connectivity index (χ0) is 12.5. The van der Waals surface area contributed by atoms with Gasteiger partial charge in [-0.2, -0.15) is 0 Å². The van der Waals surface area contributed by atoms with Crippen LogP contribution in [0.4, 0.5) is 5.82 Å². The monoisotopic (exact) mass is 239 g/mol. The largest absolute Gasteiger partial charge is 0.395 e. The van der Waals surface area contributed by atoms with Gasteiger partial charge in [-0.1, -0.05) is 6.07 Å². The van der Waals surface area contributed by atoms with Crippen molar-refractivity contribution in [2.75, 3.05) is 45.8 Å². The van der Waals surface area contributed by atoms with Gasteiger partial charge in [-0.15, -0.1) is 0 Å². The van der Waals surface area contributed by atoms with E-state index >= 15 is 0 Å². The Hall–Kier alpha value is -1.17. The van der Waals surface area contributed by atoms with E-state index in [1.54, 1.807) is 7.11 Å². The smallest absolute Gasteiger partial charge is 0.125 e. The fourth-order valence-corrected chi connectivity index (χ4v) is 1.56. The number of aliphatic hydroxyl groups is 1. The number of nitrogens with one attached hydrogen (secondary N) is 1. The second kappa shape index (κ2) is 8.00. The molecule has 0 aromatic carbocycles. The van der Waals surface area contributed by atoms with Gasteiger partial charge >= 0.3 is 0 Å². The number of hydrogen-bond acceptors (Lipinski definition) is 5. The minimum atomic E-state index is 0.158. The first-order chi connectivity index (χ1) is 8.30. The number of aromatic nitrogens is 1. The molecule has 5 nitrogen and oxygen atoms in total. The predicted molar refractivity (Wildman–Crippen MR) is 68.0 cm³/mol. The molecule has 0 unspecified atom stereocenters. The van der Waals surface area contributed by atoms with Gasteiger partial charge in [-0.25, -0.2) is 4.98 Å². The van der Waals surface area contributed by atoms with Crippen LogP contribution in [0, 0.1) is 0 Å². The molecule has 5 heteroatoms. The summed E-state index contributed by atoms with van der Waals surface area (Å²) in [5.74, 6) is 0.861. The highest BCUT2D eigenvalue weighted by Gasteiger charge is 2.05. The Morgan fingerprint density at radius 3 is 2.76 bits per heavy atom. The van der Waals surface area contributed by atoms with Crippen molar-refractivity contribution in [1.82, 2.24) is 9.88 Å². The van der Waals surface area contributed by atoms with Crippen molar-refractivity contribution < 1.29 is 9.84 Å². The zero-order valence-electron chi connectivity index (χ0n) is 10.5. The van der Waals surface area contributed by atoms with Crippen LogP contribution in [0.1, 0.15) is 5.56 Å². The maximum Gasteiger partial charge on any atom is 0.125 e. The molecule has 0 atom stereocenters. The maximum absolute atomic E-state index is 8.99. The molecule has 0 aliphatic heterocycles. The lowest BCUT2D eigenvalue weighted by molar-refractivity contribution is 0.127. The summed E-state index contributed by atoms with van der Waals surface area (Å²) in [6.07, 6.45) is 1.85. The summed E-state index contributed by atoms with van der Waals surface area (Å²) in [4.78, 5) is 6.40. The zero-order valence-corrected chi connectivity index (χ0v) is 10.5. The third-order valence-corrected chi connectivity index (χ3v) is 2.51. The molecular weight excluding hydrogens is 218 g/mol. The molecule has 0 aliphatic carbocycles. The Morgan fingerprint density at radius 2 is 2.24 bits per heavy atom. The molecule has 2 N–H and O–H groups in total. The van der Waals surface area contributed by atoms with Gasteiger partial charge in [0.25, 0.3) is 0 Å². The van der Waals surface area contributed by atoms with Crippen LogP contribution in [0.15, 0.2) is 18.3 Å². The van der Waals surface area contributed by atoms with Crippen LogP contribution in [0.25, 0.3) is 0 Å². The summed E-state index contributed by atoms with van der Waals surface area (Å²) < 4.78 is 5.04. The molecule has 0 saturated heterocycles. The average molecular weight is 239 g/mol. The Kier molecular flexibility index (Phi) is 6.54. The molecule has 0 bridgehead atoms. The van der Waals surface area contributed by atoms with Crippen molar-refractivity contribution in [3.05, 3.63) is 23.9 Å². The highest BCUT2D eigenvalue weighted by molar-refractivity contribution is 5.34. The molecule has 1 aromatic rings. The molecule has 96 valence electrons. The minimum Gasteiger partial charge on any atom is -0.395 e. The van der Waals surface area contributed by atoms with E-state index in [0.717, 1.165) is 24.5 Å². The van der Waals surface area contributed by atoms with Gasteiger partial charge in [0.1, 0.15) is 5.82 Å². The second-order valence-electron chi connectivity index (χ2n) is 3.79. The van der Waals surface area contributed by atoms with Crippen molar-refractivity contribution in [2.24, 2.45) is 0 Å². The molecule has 0 aliphatic rings. The van der Waals surface area contributed by atoms with Crippen LogP contribution >= 0.6 is 0 Å². The summed E-state index contributed by atoms with van der Waals surface area (Å²) >= 11 is 0. The van der Waals surface area contributed by atoms with E-state index in [9.17, 15) is 0 Å². The van der Waals surface area contributed by atoms with Crippen LogP contribution in [0.3, 0.4) is 0 Å². The molecule has 0 amide bonds. The maximum atomic E-state index is 8.99. The quantitative estimate of drug-likeness (QED) is 0.694. The lowest BCUT2D eigenvalue weighted by Crippen LogP contribution is -2.29. The lowest BCUT2D eigenvalue weighted by atomic mass is 10.2. The highest BCUT2D eigenvalue weighted by Crippen LogP contribution is 2.07. The van der Waals surface area contributed by atoms with Gasteiger partial charge < -0.3 is 15.2 Å². The van der Waals surface area contributed by atoms with Gasteiger partial charge in [0, 0.05) is 40.0 Å². The van der Waals surface area contributed by atoms with Crippen LogP contribution in [-0.4, -0.2) is 55.5 Å². The standard InChI is InChI=1S/C12H21N3O2/c1-13-12-4-3-11(9-14-12)10-15(5-7-16)6-8-17-2/h3-4,9,16H,5-8,10H2,1-2H3,(H,13,14). The SMILES string of the molecule is CNc1ccc(CN(CCO)CCOC)cn1. The summed E-state index contributed by atoms with van der Waals surface area (Å²) in [5.41, 5.74) is 1.13. The number of pyridine rings is 1. The number of ether oxygens (including phenoxy) is 1. The Morgan fingerprint density at radius 1 is 1.41 bits per heavy atom. The van der Waals surface area contributed by atoms with Crippen molar-refractivity contribution in [3.63, 3.8) is 0 Å². The first-order valence-electron chi connectivity index (χ1n) is 5.75. The first kappa shape index (κ1) is 13.9. The Balaban J connectivity index is 2.51. The van der Waals surface area contributed by atoms with Crippen molar-refractivity contribution in [1.29, 1.82) is 0 Å². The summed E-state index contributed by atoms with van der Waals surface area (Å²) in [7, 11) is 3.53. The van der Waals surface area contributed by atoms with E-state index < -0.39 is 0 Å². The molecule has 0 radical (unpaired) electrons. The van der Waals surface area contributed by atoms with E-state index in [1.165, 1.54) is 0 Å². The predicted octanol–water partition coefficient (Wildman–Crippen LogP) is 0.564. The Labute approximate surface area is 102 Å². The van der Waals surface area contributed by atoms with Gasteiger partial charge in [-0.05, 0) is 11.6 Å². The number of nitrogens with zero attached hydrogens (tertiary/aromatic N) is 2. The van der Waals surface area contributed by atoms with E-state index in [4.69, 9.17) is 9.84 Å². The van der Waals surface area contributed by atoms with E-state index in [1.807, 2.05) is 25.4 Å². The second-order valence-corrected chi connectivity index (χ2v) is 3.79. The van der Waals surface area contributed by atoms with Crippen LogP contribution in [0.5, 0.6) is 0 Å². The topological polar surface area (TPSA) is 57.6 Å². The Bertz CT molecular complexity index is 303. The van der Waals surface area contributed by atoms with Gasteiger partial charge in [0.2, 0.25) is 0 Å². The van der Waals surface area contributed by atoms with Gasteiger partial charge in [0.05, 0.1) is 13.2 Å². The molecular formula is C12H21N3O2. The number of anilines is 1. The molecule has 1 aromatic heterocycles. The van der Waals surface area contributed by atoms with Gasteiger partial charge in [0.15, 0.2) is 0 Å². The fourth-order valence-electron chi connectivity index (χ4n) is 1.56. The molecule has 1 rings (SSSR count). The summed E-state index contributed by atoms with van der Waals surface area (Å²) in [6.45, 7) is 3.07. The van der Waals surface area contributed by atoms with E-state index in [-0.39, 0.29) is 6.61 Å². The minimum absolute atomic E-state index is 0.158. The molecule has 0 fully saturated rings. The molecule has 17 heavy (non-hydrogen) atoms. The first-order valence-corrected chi connectivity index (χ1v) is 5.75.